The minimum absolute atomic E-state index is 0. The van der Waals surface area contributed by atoms with Crippen LogP contribution in [0.3, 0.4) is 0 Å². The number of para-hydroxylation sites is 2. The maximum absolute atomic E-state index is 11.2. The summed E-state index contributed by atoms with van der Waals surface area (Å²) in [4.78, 5) is 2.23. The molecule has 4 rings (SSSR count). The number of hydrogen-bond donors (Lipinski definition) is 1. The molecule has 2 heterocycles. The Morgan fingerprint density at radius 1 is 0.857 bits per heavy atom. The van der Waals surface area contributed by atoms with Gasteiger partial charge in [0.1, 0.15) is 6.54 Å². The third-order valence-electron chi connectivity index (χ3n) is 8.17. The smallest absolute Gasteiger partial charge is 0.748 e. The number of allylic oxidation sites excluding steroid dienone is 4. The molecule has 42 heavy (non-hydrogen) atoms. The Kier molecular flexibility index (Phi) is 11.1. The second kappa shape index (κ2) is 13.5. The number of nitrogens with zero attached hydrogens (tertiary/aromatic N) is 2. The van der Waals surface area contributed by atoms with E-state index in [1.165, 1.54) is 11.1 Å². The van der Waals surface area contributed by atoms with Gasteiger partial charge in [-0.2, -0.15) is 13.0 Å². The Bertz CT molecular complexity index is 1610. The molecule has 2 aliphatic rings. The number of unbranched alkanes of at least 4 members (excludes halogenated alkanes) is 2. The van der Waals surface area contributed by atoms with Crippen LogP contribution in [0, 0.1) is 0 Å². The van der Waals surface area contributed by atoms with E-state index in [1.54, 1.807) is 0 Å². The van der Waals surface area contributed by atoms with Crippen LogP contribution >= 0.6 is 0 Å². The summed E-state index contributed by atoms with van der Waals surface area (Å²) >= 11 is 0. The Labute approximate surface area is 273 Å². The summed E-state index contributed by atoms with van der Waals surface area (Å²) in [5, 5.41) is 0. The fourth-order valence-corrected chi connectivity index (χ4v) is 7.22. The van der Waals surface area contributed by atoms with E-state index in [-0.39, 0.29) is 51.9 Å². The first kappa shape index (κ1) is 34.7. The zero-order valence-corrected chi connectivity index (χ0v) is 28.8. The van der Waals surface area contributed by atoms with Gasteiger partial charge in [-0.05, 0) is 50.8 Å². The van der Waals surface area contributed by atoms with E-state index < -0.39 is 20.2 Å². The molecule has 0 unspecified atom stereocenters. The van der Waals surface area contributed by atoms with E-state index in [2.05, 4.69) is 79.7 Å². The minimum atomic E-state index is -4.24. The van der Waals surface area contributed by atoms with Crippen molar-refractivity contribution < 1.29 is 60.1 Å². The van der Waals surface area contributed by atoms with Crippen molar-refractivity contribution in [1.82, 2.24) is 0 Å². The molecule has 0 aromatic heterocycles. The van der Waals surface area contributed by atoms with Crippen LogP contribution in [-0.2, 0) is 31.1 Å². The van der Waals surface area contributed by atoms with Crippen molar-refractivity contribution in [2.75, 3.05) is 29.5 Å². The number of benzene rings is 2. The van der Waals surface area contributed by atoms with Crippen molar-refractivity contribution in [3.8, 4) is 0 Å². The van der Waals surface area contributed by atoms with Gasteiger partial charge in [0, 0.05) is 53.2 Å². The summed E-state index contributed by atoms with van der Waals surface area (Å²) in [5.41, 5.74) is 6.22. The molecule has 1 N–H and O–H groups in total. The summed E-state index contributed by atoms with van der Waals surface area (Å²) in [6.07, 6.45) is 8.16. The second-order valence-corrected chi connectivity index (χ2v) is 14.9. The molecule has 2 aromatic rings. The molecular weight excluding hydrogens is 583 g/mol. The van der Waals surface area contributed by atoms with Crippen molar-refractivity contribution in [3.05, 3.63) is 83.6 Å². The predicted molar refractivity (Wildman–Crippen MR) is 163 cm³/mol. The molecule has 0 atom stereocenters. The third-order valence-corrected chi connectivity index (χ3v) is 9.76. The van der Waals surface area contributed by atoms with Crippen LogP contribution in [-0.4, -0.2) is 60.8 Å². The van der Waals surface area contributed by atoms with Gasteiger partial charge < -0.3 is 9.45 Å². The molecule has 8 nitrogen and oxygen atoms in total. The van der Waals surface area contributed by atoms with E-state index >= 15 is 0 Å². The normalized spacial score (nSPS) is 18.4. The quantitative estimate of drug-likeness (QED) is 0.167. The van der Waals surface area contributed by atoms with E-state index in [4.69, 9.17) is 4.55 Å². The molecule has 0 amide bonds. The summed E-state index contributed by atoms with van der Waals surface area (Å²) < 4.78 is 67.2. The predicted octanol–water partition coefficient (Wildman–Crippen LogP) is 2.30. The van der Waals surface area contributed by atoms with Crippen molar-refractivity contribution in [2.24, 2.45) is 0 Å². The molecule has 0 fully saturated rings. The van der Waals surface area contributed by atoms with Crippen molar-refractivity contribution >= 4 is 37.3 Å². The van der Waals surface area contributed by atoms with Crippen LogP contribution in [0.5, 0.6) is 0 Å². The van der Waals surface area contributed by atoms with Gasteiger partial charge in [-0.1, -0.05) is 56.3 Å². The van der Waals surface area contributed by atoms with Gasteiger partial charge in [0.15, 0.2) is 5.71 Å². The molecule has 2 aliphatic heterocycles. The van der Waals surface area contributed by atoms with Crippen LogP contribution in [0.25, 0.3) is 0 Å². The molecule has 11 heteroatoms. The largest absolute Gasteiger partial charge is 1.00 e. The Morgan fingerprint density at radius 3 is 2.14 bits per heavy atom. The molecule has 0 bridgehead atoms. The topological polar surface area (TPSA) is 118 Å². The fourth-order valence-electron chi connectivity index (χ4n) is 6.10. The maximum atomic E-state index is 11.2. The van der Waals surface area contributed by atoms with E-state index in [1.807, 2.05) is 24.3 Å². The Balaban J connectivity index is 0.00000484. The molecule has 0 saturated carbocycles. The zero-order chi connectivity index (χ0) is 30.1. The number of rotatable bonds is 12. The van der Waals surface area contributed by atoms with Gasteiger partial charge in [0.2, 0.25) is 5.69 Å². The van der Waals surface area contributed by atoms with Crippen LogP contribution < -0.4 is 34.5 Å². The van der Waals surface area contributed by atoms with Crippen LogP contribution in [0.4, 0.5) is 11.4 Å². The molecule has 0 radical (unpaired) electrons. The maximum Gasteiger partial charge on any atom is 1.00 e. The van der Waals surface area contributed by atoms with Gasteiger partial charge >= 0.3 is 29.6 Å². The average molecular weight is 624 g/mol. The number of fused-ring (bicyclic) bond motifs is 2. The fraction of sp³-hybridized carbons (Fsp3) is 0.452. The molecular formula is C31H40N2NaO6S2+. The van der Waals surface area contributed by atoms with Gasteiger partial charge in [-0.3, -0.25) is 4.55 Å². The van der Waals surface area contributed by atoms with Gasteiger partial charge in [0.05, 0.1) is 21.3 Å². The molecule has 222 valence electrons. The molecule has 2 aromatic carbocycles. The van der Waals surface area contributed by atoms with Gasteiger partial charge in [0.25, 0.3) is 10.1 Å². The van der Waals surface area contributed by atoms with Crippen LogP contribution in [0.1, 0.15) is 64.5 Å². The second-order valence-electron chi connectivity index (χ2n) is 11.8. The SMILES string of the molecule is CC1(C)C(=CC=CC2=[N+](CCCCS(=O)(=O)O)c3ccccc3C2(C)C)N(CCCCS(=O)(=O)[O-])c2ccccc21.[Na+]. The van der Waals surface area contributed by atoms with Crippen molar-refractivity contribution in [3.63, 3.8) is 0 Å². The molecule has 0 saturated heterocycles. The summed E-state index contributed by atoms with van der Waals surface area (Å²) in [7, 11) is -8.23. The summed E-state index contributed by atoms with van der Waals surface area (Å²) in [6.45, 7) is 9.95. The van der Waals surface area contributed by atoms with Gasteiger partial charge in [-0.25, -0.2) is 8.42 Å². The first-order valence-electron chi connectivity index (χ1n) is 14.0. The number of anilines is 1. The zero-order valence-electron chi connectivity index (χ0n) is 25.2. The van der Waals surface area contributed by atoms with Crippen LogP contribution in [0.15, 0.2) is 72.5 Å². The summed E-state index contributed by atoms with van der Waals surface area (Å²) in [6, 6.07) is 16.5. The molecule has 0 spiro atoms. The van der Waals surface area contributed by atoms with Crippen LogP contribution in [0.2, 0.25) is 0 Å². The van der Waals surface area contributed by atoms with E-state index in [0.29, 0.717) is 38.8 Å². The van der Waals surface area contributed by atoms with Crippen molar-refractivity contribution in [1.29, 1.82) is 0 Å². The summed E-state index contributed by atoms with van der Waals surface area (Å²) in [5.74, 6) is -0.617. The van der Waals surface area contributed by atoms with E-state index in [0.717, 1.165) is 22.8 Å². The Morgan fingerprint density at radius 2 is 1.48 bits per heavy atom. The number of hydrogen-bond acceptors (Lipinski definition) is 6. The third kappa shape index (κ3) is 7.83. The first-order chi connectivity index (χ1) is 19.1. The van der Waals surface area contributed by atoms with Crippen molar-refractivity contribution in [2.45, 2.75) is 64.2 Å². The minimum Gasteiger partial charge on any atom is -0.748 e. The van der Waals surface area contributed by atoms with E-state index in [9.17, 15) is 21.4 Å². The average Bonchev–Trinajstić information content (AvgIpc) is 3.23. The first-order valence-corrected chi connectivity index (χ1v) is 17.2. The standard InChI is InChI=1S/C31H40N2O6S2.Na/c1-30(2)24-14-5-7-16-26(24)32(20-9-11-22-40(34,35)36)28(30)18-13-19-29-31(3,4)25-15-6-8-17-27(25)33(29)21-10-12-23-41(37,38)39;/h5-8,13-19H,9-12,20-23H2,1-4H3,(H-,34,35,36,37,38,39);/q;+1. The molecule has 0 aliphatic carbocycles. The Hall–Kier alpha value is -1.79. The monoisotopic (exact) mass is 623 g/mol. The van der Waals surface area contributed by atoms with Gasteiger partial charge in [-0.15, -0.1) is 0 Å².